The first kappa shape index (κ1) is 20.3. The van der Waals surface area contributed by atoms with E-state index in [1.165, 1.54) is 24.5 Å². The molecule has 1 aromatic heterocycles. The first-order chi connectivity index (χ1) is 14.3. The molecule has 8 heteroatoms. The molecule has 4 rings (SSSR count). The van der Waals surface area contributed by atoms with Gasteiger partial charge in [0.05, 0.1) is 21.1 Å². The maximum Gasteiger partial charge on any atom is 0.175 e. The van der Waals surface area contributed by atoms with Crippen molar-refractivity contribution in [2.24, 2.45) is 0 Å². The predicted octanol–water partition coefficient (Wildman–Crippen LogP) is 5.07. The van der Waals surface area contributed by atoms with Gasteiger partial charge in [0.15, 0.2) is 9.84 Å². The lowest BCUT2D eigenvalue weighted by molar-refractivity contribution is 0.305. The van der Waals surface area contributed by atoms with Crippen molar-refractivity contribution in [3.05, 3.63) is 83.4 Å². The summed E-state index contributed by atoms with van der Waals surface area (Å²) in [5.74, 6) is -0.0358. The van der Waals surface area contributed by atoms with Gasteiger partial charge in [-0.1, -0.05) is 35.9 Å². The minimum Gasteiger partial charge on any atom is -0.489 e. The van der Waals surface area contributed by atoms with Crippen LogP contribution in [0.4, 0.5) is 4.39 Å². The molecule has 0 unspecified atom stereocenters. The topological polar surface area (TPSA) is 69.2 Å². The zero-order chi connectivity index (χ0) is 21.3. The summed E-state index contributed by atoms with van der Waals surface area (Å²) in [7, 11) is -3.31. The van der Waals surface area contributed by atoms with Gasteiger partial charge in [-0.25, -0.2) is 22.8 Å². The number of rotatable bonds is 5. The summed E-state index contributed by atoms with van der Waals surface area (Å²) < 4.78 is 43.8. The van der Waals surface area contributed by atoms with E-state index in [4.69, 9.17) is 16.3 Å². The molecule has 5 nitrogen and oxygen atoms in total. The van der Waals surface area contributed by atoms with Crippen LogP contribution >= 0.6 is 11.6 Å². The van der Waals surface area contributed by atoms with Crippen LogP contribution in [0.1, 0.15) is 5.56 Å². The number of ether oxygens (including phenoxy) is 1. The standard InChI is InChI=1S/C22H16ClFN2O3S/c1-30(27,28)16-5-2-4-14(10-16)12-29-15-8-9-20(24)18(11-15)21-17-6-3-7-19(23)22(17)26-13-25-21/h2-11,13H,12H2,1H3. The molecule has 1 heterocycles. The average molecular weight is 443 g/mol. The molecule has 0 N–H and O–H groups in total. The number of fused-ring (bicyclic) bond motifs is 1. The van der Waals surface area contributed by atoms with Gasteiger partial charge >= 0.3 is 0 Å². The van der Waals surface area contributed by atoms with Crippen LogP contribution in [0.25, 0.3) is 22.2 Å². The smallest absolute Gasteiger partial charge is 0.175 e. The van der Waals surface area contributed by atoms with E-state index in [0.717, 1.165) is 6.26 Å². The van der Waals surface area contributed by atoms with Crippen molar-refractivity contribution in [2.75, 3.05) is 6.26 Å². The summed E-state index contributed by atoms with van der Waals surface area (Å²) in [6.45, 7) is 0.130. The minimum absolute atomic E-state index is 0.130. The third-order valence-corrected chi connectivity index (χ3v) is 5.96. The lowest BCUT2D eigenvalue weighted by Gasteiger charge is -2.11. The Morgan fingerprint density at radius 2 is 1.83 bits per heavy atom. The van der Waals surface area contributed by atoms with Crippen molar-refractivity contribution >= 4 is 32.3 Å². The Bertz CT molecular complexity index is 1360. The van der Waals surface area contributed by atoms with Gasteiger partial charge in [-0.3, -0.25) is 0 Å². The molecule has 0 aliphatic heterocycles. The zero-order valence-corrected chi connectivity index (χ0v) is 17.4. The van der Waals surface area contributed by atoms with Crippen LogP contribution < -0.4 is 4.74 Å². The zero-order valence-electron chi connectivity index (χ0n) is 15.8. The summed E-state index contributed by atoms with van der Waals surface area (Å²) in [5, 5.41) is 1.08. The highest BCUT2D eigenvalue weighted by atomic mass is 35.5. The van der Waals surface area contributed by atoms with Gasteiger partial charge in [-0.15, -0.1) is 0 Å². The van der Waals surface area contributed by atoms with Gasteiger partial charge in [0.25, 0.3) is 0 Å². The van der Waals surface area contributed by atoms with E-state index in [2.05, 4.69) is 9.97 Å². The lowest BCUT2D eigenvalue weighted by atomic mass is 10.1. The molecule has 0 fully saturated rings. The molecule has 0 radical (unpaired) electrons. The number of aromatic nitrogens is 2. The fraction of sp³-hybridized carbons (Fsp3) is 0.0909. The quantitative estimate of drug-likeness (QED) is 0.431. The molecular weight excluding hydrogens is 427 g/mol. The molecule has 3 aromatic carbocycles. The molecule has 0 atom stereocenters. The minimum atomic E-state index is -3.31. The van der Waals surface area contributed by atoms with E-state index in [-0.39, 0.29) is 17.1 Å². The highest BCUT2D eigenvalue weighted by Gasteiger charge is 2.14. The van der Waals surface area contributed by atoms with Crippen LogP contribution in [0.5, 0.6) is 5.75 Å². The molecule has 0 aliphatic rings. The molecule has 4 aromatic rings. The van der Waals surface area contributed by atoms with E-state index in [1.54, 1.807) is 42.5 Å². The monoisotopic (exact) mass is 442 g/mol. The SMILES string of the molecule is CS(=O)(=O)c1cccc(COc2ccc(F)c(-c3ncnc4c(Cl)cccc34)c2)c1. The van der Waals surface area contributed by atoms with Crippen molar-refractivity contribution in [3.63, 3.8) is 0 Å². The van der Waals surface area contributed by atoms with Crippen LogP contribution in [-0.2, 0) is 16.4 Å². The van der Waals surface area contributed by atoms with Gasteiger partial charge < -0.3 is 4.74 Å². The highest BCUT2D eigenvalue weighted by Crippen LogP contribution is 2.32. The number of para-hydroxylation sites is 1. The Kier molecular flexibility index (Phi) is 5.40. The van der Waals surface area contributed by atoms with Gasteiger partial charge in [0.2, 0.25) is 0 Å². The second kappa shape index (κ2) is 8.01. The third-order valence-electron chi connectivity index (χ3n) is 4.54. The molecule has 152 valence electrons. The van der Waals surface area contributed by atoms with E-state index >= 15 is 0 Å². The predicted molar refractivity (Wildman–Crippen MR) is 114 cm³/mol. The van der Waals surface area contributed by atoms with Crippen LogP contribution in [-0.4, -0.2) is 24.6 Å². The van der Waals surface area contributed by atoms with Crippen LogP contribution in [0, 0.1) is 5.82 Å². The fourth-order valence-electron chi connectivity index (χ4n) is 3.07. The van der Waals surface area contributed by atoms with Crippen molar-refractivity contribution < 1.29 is 17.5 Å². The van der Waals surface area contributed by atoms with E-state index < -0.39 is 15.7 Å². The second-order valence-corrected chi connectivity index (χ2v) is 9.13. The summed E-state index contributed by atoms with van der Waals surface area (Å²) >= 11 is 6.20. The van der Waals surface area contributed by atoms with Crippen LogP contribution in [0.15, 0.2) is 71.9 Å². The van der Waals surface area contributed by atoms with Crippen molar-refractivity contribution in [1.82, 2.24) is 9.97 Å². The Morgan fingerprint density at radius 1 is 1.03 bits per heavy atom. The van der Waals surface area contributed by atoms with E-state index in [1.807, 2.05) is 0 Å². The Labute approximate surface area is 178 Å². The maximum absolute atomic E-state index is 14.6. The lowest BCUT2D eigenvalue weighted by Crippen LogP contribution is -2.01. The molecule has 0 saturated heterocycles. The summed E-state index contributed by atoms with van der Waals surface area (Å²) in [6.07, 6.45) is 2.49. The molecule has 0 saturated carbocycles. The maximum atomic E-state index is 14.6. The van der Waals surface area contributed by atoms with E-state index in [0.29, 0.717) is 32.9 Å². The van der Waals surface area contributed by atoms with Gasteiger partial charge in [0, 0.05) is 17.2 Å². The first-order valence-corrected chi connectivity index (χ1v) is 11.2. The number of halogens is 2. The van der Waals surface area contributed by atoms with Crippen LogP contribution in [0.2, 0.25) is 5.02 Å². The van der Waals surface area contributed by atoms with Crippen molar-refractivity contribution in [2.45, 2.75) is 11.5 Å². The van der Waals surface area contributed by atoms with Crippen molar-refractivity contribution in [3.8, 4) is 17.0 Å². The number of benzene rings is 3. The number of hydrogen-bond donors (Lipinski definition) is 0. The fourth-order valence-corrected chi connectivity index (χ4v) is 3.99. The third kappa shape index (κ3) is 4.13. The Hall–Kier alpha value is -3.03. The van der Waals surface area contributed by atoms with Crippen molar-refractivity contribution in [1.29, 1.82) is 0 Å². The van der Waals surface area contributed by atoms with Gasteiger partial charge in [0.1, 0.15) is 24.5 Å². The molecule has 0 aliphatic carbocycles. The Morgan fingerprint density at radius 3 is 2.63 bits per heavy atom. The summed E-state index contributed by atoms with van der Waals surface area (Å²) in [4.78, 5) is 8.64. The molecule has 30 heavy (non-hydrogen) atoms. The number of nitrogens with zero attached hydrogens (tertiary/aromatic N) is 2. The first-order valence-electron chi connectivity index (χ1n) is 8.94. The molecule has 0 spiro atoms. The number of sulfone groups is 1. The van der Waals surface area contributed by atoms with E-state index in [9.17, 15) is 12.8 Å². The normalized spacial score (nSPS) is 11.6. The highest BCUT2D eigenvalue weighted by molar-refractivity contribution is 7.90. The van der Waals surface area contributed by atoms with Crippen LogP contribution in [0.3, 0.4) is 0 Å². The Balaban J connectivity index is 1.66. The second-order valence-electron chi connectivity index (χ2n) is 6.71. The summed E-state index contributed by atoms with van der Waals surface area (Å²) in [6, 6.07) is 16.1. The largest absolute Gasteiger partial charge is 0.489 e. The average Bonchev–Trinajstić information content (AvgIpc) is 2.73. The number of hydrogen-bond acceptors (Lipinski definition) is 5. The molecular formula is C22H16ClFN2O3S. The van der Waals surface area contributed by atoms with Gasteiger partial charge in [-0.2, -0.15) is 0 Å². The van der Waals surface area contributed by atoms with Gasteiger partial charge in [-0.05, 0) is 42.0 Å². The molecule has 0 bridgehead atoms. The summed E-state index contributed by atoms with van der Waals surface area (Å²) in [5.41, 5.74) is 1.88. The molecule has 0 amide bonds.